The van der Waals surface area contributed by atoms with Crippen LogP contribution in [-0.2, 0) is 4.79 Å². The van der Waals surface area contributed by atoms with Crippen molar-refractivity contribution in [3.8, 4) is 0 Å². The second kappa shape index (κ2) is 9.34. The lowest BCUT2D eigenvalue weighted by Gasteiger charge is -2.31. The van der Waals surface area contributed by atoms with Crippen LogP contribution in [-0.4, -0.2) is 43.7 Å². The summed E-state index contributed by atoms with van der Waals surface area (Å²) in [5.41, 5.74) is 5.36. The molecule has 1 aliphatic heterocycles. The smallest absolute Gasteiger partial charge is 0.256 e. The minimum absolute atomic E-state index is 0.0180. The monoisotopic (exact) mass is 317 g/mol. The molecule has 1 aromatic rings. The Kier molecular flexibility index (Phi) is 7.45. The zero-order valence-electron chi connectivity index (χ0n) is 13.4. The molecular formula is C16H23N5O2. The zero-order chi connectivity index (χ0) is 17.2. The highest BCUT2D eigenvalue weighted by Crippen LogP contribution is 2.25. The number of piperidine rings is 1. The van der Waals surface area contributed by atoms with Crippen molar-refractivity contribution in [3.63, 3.8) is 0 Å². The molecule has 0 saturated carbocycles. The van der Waals surface area contributed by atoms with E-state index in [1.165, 1.54) is 11.5 Å². The summed E-state index contributed by atoms with van der Waals surface area (Å²) in [4.78, 5) is 23.2. The number of carbonyl (C=O) groups excluding carboxylic acids is 2. The largest absolute Gasteiger partial charge is 0.372 e. The third-order valence-electron chi connectivity index (χ3n) is 3.56. The minimum Gasteiger partial charge on any atom is -0.372 e. The fraction of sp³-hybridized carbons (Fsp3) is 0.375. The van der Waals surface area contributed by atoms with Gasteiger partial charge in [0.15, 0.2) is 0 Å². The Morgan fingerprint density at radius 3 is 2.57 bits per heavy atom. The number of amides is 2. The number of para-hydroxylation sites is 1. The Morgan fingerprint density at radius 1 is 1.39 bits per heavy atom. The molecule has 0 spiro atoms. The summed E-state index contributed by atoms with van der Waals surface area (Å²) in [6.07, 6.45) is 2.48. The van der Waals surface area contributed by atoms with Gasteiger partial charge in [0.25, 0.3) is 5.91 Å². The van der Waals surface area contributed by atoms with E-state index in [-0.39, 0.29) is 12.3 Å². The molecule has 2 amide bonds. The van der Waals surface area contributed by atoms with Crippen LogP contribution in [0.1, 0.15) is 30.1 Å². The number of rotatable bonds is 4. The number of hydrogen-bond donors (Lipinski definition) is 1. The number of primary amides is 1. The molecule has 1 aliphatic rings. The molecule has 2 N–H and O–H groups in total. The molecule has 124 valence electrons. The first-order valence-electron chi connectivity index (χ1n) is 7.36. The molecular weight excluding hydrogens is 294 g/mol. The van der Waals surface area contributed by atoms with Crippen LogP contribution in [0.15, 0.2) is 34.5 Å². The van der Waals surface area contributed by atoms with E-state index in [4.69, 9.17) is 4.79 Å². The highest BCUT2D eigenvalue weighted by atomic mass is 16.2. The van der Waals surface area contributed by atoms with Crippen LogP contribution in [0, 0.1) is 5.92 Å². The van der Waals surface area contributed by atoms with Gasteiger partial charge in [-0.15, -0.1) is 0 Å². The summed E-state index contributed by atoms with van der Waals surface area (Å²) >= 11 is 0. The molecule has 23 heavy (non-hydrogen) atoms. The Bertz CT molecular complexity index is 553. The Hall–Kier alpha value is -2.70. The van der Waals surface area contributed by atoms with Crippen LogP contribution in [0.4, 0.5) is 5.69 Å². The minimum atomic E-state index is 0.0180. The van der Waals surface area contributed by atoms with Gasteiger partial charge < -0.3 is 10.6 Å². The molecule has 1 atom stereocenters. The van der Waals surface area contributed by atoms with Crippen molar-refractivity contribution in [2.75, 3.05) is 18.2 Å². The van der Waals surface area contributed by atoms with Crippen LogP contribution in [0.3, 0.4) is 0 Å². The van der Waals surface area contributed by atoms with Gasteiger partial charge in [0.1, 0.15) is 0 Å². The maximum Gasteiger partial charge on any atom is 0.256 e. The SMILES string of the molecule is C=NN(N=C)c1ccccc1C(=O)N1CCCC(C)C1.NC=O. The lowest BCUT2D eigenvalue weighted by molar-refractivity contribution is -0.106. The molecule has 7 heteroatoms. The molecule has 7 nitrogen and oxygen atoms in total. The van der Waals surface area contributed by atoms with Gasteiger partial charge in [-0.25, -0.2) is 0 Å². The van der Waals surface area contributed by atoms with E-state index in [1.54, 1.807) is 12.1 Å². The Morgan fingerprint density at radius 2 is 2.00 bits per heavy atom. The van der Waals surface area contributed by atoms with Crippen LogP contribution >= 0.6 is 0 Å². The molecule has 0 aliphatic carbocycles. The van der Waals surface area contributed by atoms with Gasteiger partial charge >= 0.3 is 0 Å². The molecule has 0 bridgehead atoms. The number of carbonyl (C=O) groups is 2. The number of nitrogens with zero attached hydrogens (tertiary/aromatic N) is 4. The number of likely N-dealkylation sites (tertiary alicyclic amines) is 1. The summed E-state index contributed by atoms with van der Waals surface area (Å²) in [7, 11) is 0. The second-order valence-electron chi connectivity index (χ2n) is 5.22. The van der Waals surface area contributed by atoms with E-state index in [0.717, 1.165) is 19.5 Å². The molecule has 1 unspecified atom stereocenters. The molecule has 1 fully saturated rings. The van der Waals surface area contributed by atoms with Gasteiger partial charge in [-0.3, -0.25) is 9.59 Å². The van der Waals surface area contributed by atoms with Crippen molar-refractivity contribution in [2.24, 2.45) is 21.9 Å². The summed E-state index contributed by atoms with van der Waals surface area (Å²) in [6.45, 7) is 10.7. The van der Waals surface area contributed by atoms with Gasteiger partial charge in [-0.2, -0.15) is 15.3 Å². The topological polar surface area (TPSA) is 91.4 Å². The summed E-state index contributed by atoms with van der Waals surface area (Å²) in [5, 5.41) is 8.81. The van der Waals surface area contributed by atoms with Crippen molar-refractivity contribution in [2.45, 2.75) is 19.8 Å². The molecule has 1 heterocycles. The van der Waals surface area contributed by atoms with E-state index in [1.807, 2.05) is 17.0 Å². The zero-order valence-corrected chi connectivity index (χ0v) is 13.4. The van der Waals surface area contributed by atoms with Crippen molar-refractivity contribution in [3.05, 3.63) is 29.8 Å². The maximum atomic E-state index is 12.7. The first-order chi connectivity index (χ1) is 11.1. The van der Waals surface area contributed by atoms with E-state index in [0.29, 0.717) is 17.2 Å². The molecule has 2 rings (SSSR count). The van der Waals surface area contributed by atoms with Gasteiger partial charge in [-0.1, -0.05) is 19.1 Å². The number of hydrazone groups is 2. The lowest BCUT2D eigenvalue weighted by Crippen LogP contribution is -2.39. The van der Waals surface area contributed by atoms with Gasteiger partial charge in [0.2, 0.25) is 6.41 Å². The quantitative estimate of drug-likeness (QED) is 0.520. The van der Waals surface area contributed by atoms with Crippen LogP contribution in [0.2, 0.25) is 0 Å². The summed E-state index contributed by atoms with van der Waals surface area (Å²) < 4.78 is 0. The maximum absolute atomic E-state index is 12.7. The number of hydrogen-bond acceptors (Lipinski definition) is 5. The fourth-order valence-electron chi connectivity index (χ4n) is 2.57. The molecule has 1 saturated heterocycles. The average molecular weight is 317 g/mol. The van der Waals surface area contributed by atoms with E-state index < -0.39 is 0 Å². The first-order valence-corrected chi connectivity index (χ1v) is 7.36. The Balaban J connectivity index is 0.000000816. The van der Waals surface area contributed by atoms with Crippen molar-refractivity contribution in [1.82, 2.24) is 4.90 Å². The number of anilines is 1. The van der Waals surface area contributed by atoms with Crippen LogP contribution < -0.4 is 10.9 Å². The van der Waals surface area contributed by atoms with E-state index >= 15 is 0 Å². The molecule has 0 aromatic heterocycles. The Labute approximate surface area is 136 Å². The first kappa shape index (κ1) is 18.3. The second-order valence-corrected chi connectivity index (χ2v) is 5.22. The van der Waals surface area contributed by atoms with Gasteiger partial charge in [-0.05, 0) is 30.9 Å². The van der Waals surface area contributed by atoms with Gasteiger partial charge in [0.05, 0.1) is 11.3 Å². The van der Waals surface area contributed by atoms with Crippen molar-refractivity contribution in [1.29, 1.82) is 0 Å². The number of benzene rings is 1. The fourth-order valence-corrected chi connectivity index (χ4v) is 2.57. The standard InChI is InChI=1S/C15H20N4O.CH3NO/c1-12-7-6-10-18(11-12)15(20)13-8-4-5-9-14(13)19(16-2)17-3;2-1-3/h4-5,8-9,12H,2-3,6-7,10-11H2,1H3;1H,(H2,2,3). The summed E-state index contributed by atoms with van der Waals surface area (Å²) in [6, 6.07) is 7.27. The predicted octanol–water partition coefficient (Wildman–Crippen LogP) is 1.70. The van der Waals surface area contributed by atoms with Crippen molar-refractivity contribution >= 4 is 31.4 Å². The predicted molar refractivity (Wildman–Crippen MR) is 92.6 cm³/mol. The highest BCUT2D eigenvalue weighted by molar-refractivity contribution is 5.99. The van der Waals surface area contributed by atoms with Gasteiger partial charge in [0, 0.05) is 26.5 Å². The molecule has 0 radical (unpaired) electrons. The van der Waals surface area contributed by atoms with Crippen LogP contribution in [0.5, 0.6) is 0 Å². The third-order valence-corrected chi connectivity index (χ3v) is 3.56. The van der Waals surface area contributed by atoms with Crippen LogP contribution in [0.25, 0.3) is 0 Å². The van der Waals surface area contributed by atoms with E-state index in [9.17, 15) is 4.79 Å². The average Bonchev–Trinajstić information content (AvgIpc) is 2.56. The van der Waals surface area contributed by atoms with E-state index in [2.05, 4.69) is 36.3 Å². The third kappa shape index (κ3) is 4.91. The van der Waals surface area contributed by atoms with Crippen molar-refractivity contribution < 1.29 is 9.59 Å². The molecule has 1 aromatic carbocycles. The summed E-state index contributed by atoms with van der Waals surface area (Å²) in [5.74, 6) is 0.565. The number of nitrogens with two attached hydrogens (primary N) is 1. The normalized spacial score (nSPS) is 16.6. The highest BCUT2D eigenvalue weighted by Gasteiger charge is 2.24. The lowest BCUT2D eigenvalue weighted by atomic mass is 9.99.